The molecule has 2 heterocycles. The second-order valence-corrected chi connectivity index (χ2v) is 9.24. The highest BCUT2D eigenvalue weighted by Crippen LogP contribution is 2.36. The van der Waals surface area contributed by atoms with E-state index in [1.54, 1.807) is 0 Å². The second kappa shape index (κ2) is 8.51. The molecule has 9 nitrogen and oxygen atoms in total. The Balaban J connectivity index is 2.00. The normalized spacial score (nSPS) is 12.6. The van der Waals surface area contributed by atoms with Crippen LogP contribution in [0.2, 0.25) is 0 Å². The SMILES string of the molecule is C=NS(=O)(=O)c1ccc(Nc2ncc(C(F)(F)F)c(-c3cnn(CC(C)(C)O)c3)n2)c(F)c1. The van der Waals surface area contributed by atoms with E-state index in [1.807, 2.05) is 0 Å². The Labute approximate surface area is 185 Å². The minimum absolute atomic E-state index is 0.00371. The van der Waals surface area contributed by atoms with Crippen molar-refractivity contribution < 1.29 is 31.1 Å². The summed E-state index contributed by atoms with van der Waals surface area (Å²) < 4.78 is 82.5. The first-order chi connectivity index (χ1) is 15.2. The Hall–Kier alpha value is -3.39. The van der Waals surface area contributed by atoms with Crippen LogP contribution in [0.25, 0.3) is 11.3 Å². The number of nitrogens with zero attached hydrogens (tertiary/aromatic N) is 5. The van der Waals surface area contributed by atoms with Gasteiger partial charge in [-0.3, -0.25) is 4.68 Å². The number of anilines is 2. The zero-order chi connectivity index (χ0) is 24.6. The molecule has 3 rings (SSSR count). The summed E-state index contributed by atoms with van der Waals surface area (Å²) in [5.74, 6) is -1.40. The number of hydrogen-bond donors (Lipinski definition) is 2. The van der Waals surface area contributed by atoms with Gasteiger partial charge in [-0.15, -0.1) is 0 Å². The van der Waals surface area contributed by atoms with Crippen molar-refractivity contribution in [1.82, 2.24) is 19.7 Å². The van der Waals surface area contributed by atoms with E-state index in [1.165, 1.54) is 24.7 Å². The number of alkyl halides is 3. The van der Waals surface area contributed by atoms with Crippen molar-refractivity contribution in [2.24, 2.45) is 4.40 Å². The molecule has 0 aliphatic heterocycles. The predicted octanol–water partition coefficient (Wildman–Crippen LogP) is 3.40. The van der Waals surface area contributed by atoms with E-state index in [2.05, 4.69) is 31.5 Å². The molecule has 14 heteroatoms. The van der Waals surface area contributed by atoms with E-state index in [0.717, 1.165) is 18.3 Å². The molecule has 0 amide bonds. The maximum atomic E-state index is 14.4. The van der Waals surface area contributed by atoms with Gasteiger partial charge in [0.1, 0.15) is 11.4 Å². The lowest BCUT2D eigenvalue weighted by molar-refractivity contribution is -0.137. The van der Waals surface area contributed by atoms with Crippen LogP contribution < -0.4 is 5.32 Å². The van der Waals surface area contributed by atoms with Gasteiger partial charge in [0.25, 0.3) is 10.0 Å². The third kappa shape index (κ3) is 5.70. The predicted molar refractivity (Wildman–Crippen MR) is 111 cm³/mol. The average Bonchev–Trinajstić information content (AvgIpc) is 3.15. The molecule has 0 unspecified atom stereocenters. The summed E-state index contributed by atoms with van der Waals surface area (Å²) >= 11 is 0. The Bertz CT molecular complexity index is 1300. The van der Waals surface area contributed by atoms with Crippen LogP contribution in [0.3, 0.4) is 0 Å². The van der Waals surface area contributed by atoms with Gasteiger partial charge in [0.15, 0.2) is 0 Å². The lowest BCUT2D eigenvalue weighted by atomic mass is 10.1. The lowest BCUT2D eigenvalue weighted by Gasteiger charge is -2.16. The largest absolute Gasteiger partial charge is 0.419 e. The van der Waals surface area contributed by atoms with Crippen molar-refractivity contribution in [3.63, 3.8) is 0 Å². The van der Waals surface area contributed by atoms with Crippen molar-refractivity contribution in [3.8, 4) is 11.3 Å². The summed E-state index contributed by atoms with van der Waals surface area (Å²) in [5, 5.41) is 16.3. The van der Waals surface area contributed by atoms with Gasteiger partial charge in [0.05, 0.1) is 34.6 Å². The molecular formula is C19H18F4N6O3S. The quantitative estimate of drug-likeness (QED) is 0.388. The van der Waals surface area contributed by atoms with Gasteiger partial charge in [-0.05, 0) is 32.0 Å². The smallest absolute Gasteiger partial charge is 0.389 e. The Kier molecular flexibility index (Phi) is 6.26. The minimum atomic E-state index is -4.79. The number of aliphatic hydroxyl groups is 1. The fraction of sp³-hybridized carbons (Fsp3) is 0.263. The van der Waals surface area contributed by atoms with Gasteiger partial charge in [-0.25, -0.2) is 14.4 Å². The second-order valence-electron chi connectivity index (χ2n) is 7.56. The number of aromatic nitrogens is 4. The van der Waals surface area contributed by atoms with Crippen LogP contribution in [0.1, 0.15) is 19.4 Å². The van der Waals surface area contributed by atoms with Gasteiger partial charge in [-0.2, -0.15) is 31.1 Å². The molecule has 2 aromatic heterocycles. The maximum Gasteiger partial charge on any atom is 0.419 e. The first-order valence-corrected chi connectivity index (χ1v) is 10.6. The van der Waals surface area contributed by atoms with Crippen LogP contribution in [0, 0.1) is 5.82 Å². The Morgan fingerprint density at radius 1 is 1.24 bits per heavy atom. The first-order valence-electron chi connectivity index (χ1n) is 9.19. The van der Waals surface area contributed by atoms with Crippen LogP contribution in [-0.4, -0.2) is 45.6 Å². The van der Waals surface area contributed by atoms with Gasteiger partial charge in [0.2, 0.25) is 5.95 Å². The molecule has 0 spiro atoms. The third-order valence-corrected chi connectivity index (χ3v) is 5.39. The number of halogens is 4. The molecule has 1 aromatic carbocycles. The number of rotatable bonds is 7. The molecule has 2 N–H and O–H groups in total. The summed E-state index contributed by atoms with van der Waals surface area (Å²) in [4.78, 5) is 7.02. The molecule has 33 heavy (non-hydrogen) atoms. The number of sulfonamides is 1. The van der Waals surface area contributed by atoms with E-state index in [9.17, 15) is 31.1 Å². The van der Waals surface area contributed by atoms with Gasteiger partial charge in [0, 0.05) is 24.7 Å². The molecule has 0 fully saturated rings. The fourth-order valence-corrected chi connectivity index (χ4v) is 3.43. The molecule has 176 valence electrons. The van der Waals surface area contributed by atoms with Crippen molar-refractivity contribution >= 4 is 28.4 Å². The van der Waals surface area contributed by atoms with Crippen molar-refractivity contribution in [2.75, 3.05) is 5.32 Å². The molecule has 0 saturated carbocycles. The molecule has 3 aromatic rings. The van der Waals surface area contributed by atoms with Crippen LogP contribution in [-0.2, 0) is 22.7 Å². The standard InChI is InChI=1S/C19H18F4N6O3S/c1-18(2,30)10-29-9-11(7-26-29)16-13(19(21,22)23)8-25-17(28-16)27-15-5-4-12(6-14(15)20)33(31,32)24-3/h4-9,30H,3,10H2,1-2H3,(H,25,27,28). The monoisotopic (exact) mass is 486 g/mol. The summed E-state index contributed by atoms with van der Waals surface area (Å²) in [5.41, 5.74) is -3.10. The van der Waals surface area contributed by atoms with E-state index in [0.29, 0.717) is 12.3 Å². The first kappa shape index (κ1) is 24.3. The maximum absolute atomic E-state index is 14.4. The van der Waals surface area contributed by atoms with E-state index < -0.39 is 43.8 Å². The molecule has 0 bridgehead atoms. The van der Waals surface area contributed by atoms with Crippen LogP contribution in [0.4, 0.5) is 29.2 Å². The summed E-state index contributed by atoms with van der Waals surface area (Å²) in [6.07, 6.45) is -1.82. The summed E-state index contributed by atoms with van der Waals surface area (Å²) in [7, 11) is -4.12. The molecule has 0 atom stereocenters. The highest BCUT2D eigenvalue weighted by atomic mass is 32.2. The zero-order valence-electron chi connectivity index (χ0n) is 17.3. The molecule has 0 aliphatic rings. The third-order valence-electron chi connectivity index (χ3n) is 4.20. The van der Waals surface area contributed by atoms with Gasteiger partial charge < -0.3 is 10.4 Å². The highest BCUT2D eigenvalue weighted by molar-refractivity contribution is 7.90. The summed E-state index contributed by atoms with van der Waals surface area (Å²) in [6.45, 7) is 5.95. The Morgan fingerprint density at radius 3 is 2.52 bits per heavy atom. The van der Waals surface area contributed by atoms with E-state index in [-0.39, 0.29) is 23.7 Å². The molecular weight excluding hydrogens is 468 g/mol. The average molecular weight is 486 g/mol. The van der Waals surface area contributed by atoms with Crippen LogP contribution in [0.15, 0.2) is 46.1 Å². The van der Waals surface area contributed by atoms with Gasteiger partial charge in [-0.1, -0.05) is 0 Å². The highest BCUT2D eigenvalue weighted by Gasteiger charge is 2.36. The number of nitrogens with one attached hydrogen (secondary N) is 1. The topological polar surface area (TPSA) is 122 Å². The van der Waals surface area contributed by atoms with Gasteiger partial charge >= 0.3 is 6.18 Å². The van der Waals surface area contributed by atoms with Crippen molar-refractivity contribution in [2.45, 2.75) is 37.1 Å². The Morgan fingerprint density at radius 2 is 1.94 bits per heavy atom. The van der Waals surface area contributed by atoms with Crippen molar-refractivity contribution in [1.29, 1.82) is 0 Å². The number of benzene rings is 1. The summed E-state index contributed by atoms with van der Waals surface area (Å²) in [6, 6.07) is 2.77. The van der Waals surface area contributed by atoms with Crippen LogP contribution >= 0.6 is 0 Å². The number of hydrogen-bond acceptors (Lipinski definition) is 7. The lowest BCUT2D eigenvalue weighted by Crippen LogP contribution is -2.26. The van der Waals surface area contributed by atoms with E-state index >= 15 is 0 Å². The minimum Gasteiger partial charge on any atom is -0.389 e. The molecule has 0 aliphatic carbocycles. The van der Waals surface area contributed by atoms with E-state index in [4.69, 9.17) is 0 Å². The van der Waals surface area contributed by atoms with Crippen molar-refractivity contribution in [3.05, 3.63) is 48.2 Å². The molecule has 0 radical (unpaired) electrons. The molecule has 0 saturated heterocycles. The fourth-order valence-electron chi connectivity index (χ4n) is 2.79. The van der Waals surface area contributed by atoms with Crippen LogP contribution in [0.5, 0.6) is 0 Å². The zero-order valence-corrected chi connectivity index (χ0v) is 18.1.